The Hall–Kier alpha value is -0.620. The van der Waals surface area contributed by atoms with E-state index in [1.807, 2.05) is 0 Å². The van der Waals surface area contributed by atoms with Gasteiger partial charge < -0.3 is 5.32 Å². The number of carbonyl (C=O) groups excluding carboxylic acids is 1. The van der Waals surface area contributed by atoms with Crippen molar-refractivity contribution in [3.63, 3.8) is 0 Å². The third kappa shape index (κ3) is 3.42. The predicted molar refractivity (Wildman–Crippen MR) is 65.0 cm³/mol. The molecule has 1 aliphatic carbocycles. The number of carbonyl (C=O) groups is 1. The summed E-state index contributed by atoms with van der Waals surface area (Å²) in [6.45, 7) is 0.485. The van der Waals surface area contributed by atoms with Gasteiger partial charge >= 0.3 is 0 Å². The molecule has 0 aromatic carbocycles. The van der Waals surface area contributed by atoms with E-state index in [1.165, 1.54) is 4.31 Å². The van der Waals surface area contributed by atoms with Gasteiger partial charge in [0.05, 0.1) is 12.3 Å². The Morgan fingerprint density at radius 1 is 1.18 bits per heavy atom. The maximum absolute atomic E-state index is 11.7. The highest BCUT2D eigenvalue weighted by molar-refractivity contribution is 7.89. The maximum atomic E-state index is 11.7. The largest absolute Gasteiger partial charge is 0.352 e. The van der Waals surface area contributed by atoms with E-state index in [0.717, 1.165) is 32.1 Å². The fourth-order valence-corrected chi connectivity index (χ4v) is 4.07. The highest BCUT2D eigenvalue weighted by Crippen LogP contribution is 2.18. The standard InChI is InChI=1S/C11H20N2O3S/c14-11(12-10-5-1-2-6-10)9-13-7-3-4-8-17(13,15)16/h10H,1-9H2,(H,12,14). The smallest absolute Gasteiger partial charge is 0.235 e. The second-order valence-corrected chi connectivity index (χ2v) is 6.99. The molecule has 1 aliphatic heterocycles. The van der Waals surface area contributed by atoms with Gasteiger partial charge in [-0.05, 0) is 25.7 Å². The van der Waals surface area contributed by atoms with Gasteiger partial charge in [0.1, 0.15) is 0 Å². The van der Waals surface area contributed by atoms with Gasteiger partial charge in [-0.1, -0.05) is 12.8 Å². The number of nitrogens with zero attached hydrogens (tertiary/aromatic N) is 1. The number of hydrogen-bond donors (Lipinski definition) is 1. The molecule has 6 heteroatoms. The van der Waals surface area contributed by atoms with Crippen LogP contribution in [0.1, 0.15) is 38.5 Å². The van der Waals surface area contributed by atoms with Crippen LogP contribution in [0.2, 0.25) is 0 Å². The number of sulfonamides is 1. The molecule has 2 aliphatic rings. The Labute approximate surface area is 103 Å². The Balaban J connectivity index is 1.84. The monoisotopic (exact) mass is 260 g/mol. The molecule has 1 heterocycles. The molecule has 2 fully saturated rings. The van der Waals surface area contributed by atoms with Crippen LogP contribution in [0.5, 0.6) is 0 Å². The van der Waals surface area contributed by atoms with Crippen molar-refractivity contribution in [2.24, 2.45) is 0 Å². The quantitative estimate of drug-likeness (QED) is 0.802. The minimum atomic E-state index is -3.18. The first-order valence-electron chi connectivity index (χ1n) is 6.35. The van der Waals surface area contributed by atoms with E-state index in [9.17, 15) is 13.2 Å². The van der Waals surface area contributed by atoms with E-state index in [-0.39, 0.29) is 24.2 Å². The van der Waals surface area contributed by atoms with E-state index < -0.39 is 10.0 Å². The molecule has 2 rings (SSSR count). The summed E-state index contributed by atoms with van der Waals surface area (Å²) in [6.07, 6.45) is 5.94. The van der Waals surface area contributed by atoms with E-state index in [0.29, 0.717) is 13.0 Å². The Morgan fingerprint density at radius 3 is 2.53 bits per heavy atom. The summed E-state index contributed by atoms with van der Waals surface area (Å²) in [5.41, 5.74) is 0. The Kier molecular flexibility index (Phi) is 4.04. The first kappa shape index (κ1) is 12.8. The minimum absolute atomic E-state index is 0.00116. The molecule has 1 saturated heterocycles. The number of hydrogen-bond acceptors (Lipinski definition) is 3. The molecular weight excluding hydrogens is 240 g/mol. The molecular formula is C11H20N2O3S. The lowest BCUT2D eigenvalue weighted by atomic mass is 10.2. The highest BCUT2D eigenvalue weighted by Gasteiger charge is 2.28. The van der Waals surface area contributed by atoms with Gasteiger partial charge in [-0.3, -0.25) is 4.79 Å². The summed E-state index contributed by atoms with van der Waals surface area (Å²) in [5.74, 6) is 0.0337. The zero-order valence-electron chi connectivity index (χ0n) is 10.0. The molecule has 0 spiro atoms. The first-order valence-corrected chi connectivity index (χ1v) is 7.96. The number of rotatable bonds is 3. The predicted octanol–water partition coefficient (Wildman–Crippen LogP) is 0.471. The van der Waals surface area contributed by atoms with Gasteiger partial charge in [-0.25, -0.2) is 8.42 Å². The number of amides is 1. The molecule has 1 saturated carbocycles. The Morgan fingerprint density at radius 2 is 1.88 bits per heavy atom. The van der Waals surface area contributed by atoms with Crippen LogP contribution in [0.15, 0.2) is 0 Å². The maximum Gasteiger partial charge on any atom is 0.235 e. The van der Waals surface area contributed by atoms with Crippen molar-refractivity contribution in [3.05, 3.63) is 0 Å². The molecule has 98 valence electrons. The van der Waals surface area contributed by atoms with E-state index in [2.05, 4.69) is 5.32 Å². The third-order valence-corrected chi connectivity index (χ3v) is 5.40. The topological polar surface area (TPSA) is 66.5 Å². The summed E-state index contributed by atoms with van der Waals surface area (Å²) in [4.78, 5) is 11.7. The van der Waals surface area contributed by atoms with Gasteiger partial charge in [0.2, 0.25) is 15.9 Å². The van der Waals surface area contributed by atoms with Crippen molar-refractivity contribution in [3.8, 4) is 0 Å². The molecule has 17 heavy (non-hydrogen) atoms. The van der Waals surface area contributed by atoms with E-state index in [1.54, 1.807) is 0 Å². The lowest BCUT2D eigenvalue weighted by Gasteiger charge is -2.26. The van der Waals surface area contributed by atoms with Crippen LogP contribution in [0.3, 0.4) is 0 Å². The summed E-state index contributed by atoms with van der Waals surface area (Å²) < 4.78 is 24.7. The zero-order valence-corrected chi connectivity index (χ0v) is 10.8. The molecule has 0 radical (unpaired) electrons. The molecule has 0 aromatic heterocycles. The van der Waals surface area contributed by atoms with Crippen LogP contribution < -0.4 is 5.32 Å². The van der Waals surface area contributed by atoms with Crippen LogP contribution in [-0.2, 0) is 14.8 Å². The molecule has 0 bridgehead atoms. The second kappa shape index (κ2) is 5.35. The van der Waals surface area contributed by atoms with Crippen LogP contribution in [0.4, 0.5) is 0 Å². The SMILES string of the molecule is O=C(CN1CCCCS1(=O)=O)NC1CCCC1. The van der Waals surface area contributed by atoms with Crippen LogP contribution in [0, 0.1) is 0 Å². The first-order chi connectivity index (χ1) is 8.08. The molecule has 5 nitrogen and oxygen atoms in total. The van der Waals surface area contributed by atoms with E-state index in [4.69, 9.17) is 0 Å². The average Bonchev–Trinajstić information content (AvgIpc) is 2.73. The van der Waals surface area contributed by atoms with Crippen LogP contribution in [0.25, 0.3) is 0 Å². The lowest BCUT2D eigenvalue weighted by Crippen LogP contribution is -2.46. The molecule has 0 atom stereocenters. The highest BCUT2D eigenvalue weighted by atomic mass is 32.2. The van der Waals surface area contributed by atoms with Crippen LogP contribution in [-0.4, -0.2) is 43.5 Å². The molecule has 1 amide bonds. The lowest BCUT2D eigenvalue weighted by molar-refractivity contribution is -0.122. The zero-order chi connectivity index (χ0) is 12.3. The summed E-state index contributed by atoms with van der Waals surface area (Å²) in [5, 5.41) is 2.92. The second-order valence-electron chi connectivity index (χ2n) is 4.91. The Bertz CT molecular complexity index is 374. The van der Waals surface area contributed by atoms with Gasteiger partial charge in [-0.2, -0.15) is 4.31 Å². The summed E-state index contributed by atoms with van der Waals surface area (Å²) in [6, 6.07) is 0.259. The van der Waals surface area contributed by atoms with Crippen molar-refractivity contribution >= 4 is 15.9 Å². The van der Waals surface area contributed by atoms with Crippen molar-refractivity contribution in [2.45, 2.75) is 44.6 Å². The minimum Gasteiger partial charge on any atom is -0.352 e. The van der Waals surface area contributed by atoms with Crippen LogP contribution >= 0.6 is 0 Å². The summed E-state index contributed by atoms with van der Waals surface area (Å²) >= 11 is 0. The van der Waals surface area contributed by atoms with Crippen molar-refractivity contribution < 1.29 is 13.2 Å². The summed E-state index contributed by atoms with van der Waals surface area (Å²) in [7, 11) is -3.18. The average molecular weight is 260 g/mol. The van der Waals surface area contributed by atoms with Gasteiger partial charge in [0.25, 0.3) is 0 Å². The van der Waals surface area contributed by atoms with Gasteiger partial charge in [-0.15, -0.1) is 0 Å². The molecule has 1 N–H and O–H groups in total. The third-order valence-electron chi connectivity index (χ3n) is 3.49. The molecule has 0 unspecified atom stereocenters. The fraction of sp³-hybridized carbons (Fsp3) is 0.909. The normalized spacial score (nSPS) is 25.9. The number of nitrogens with one attached hydrogen (secondary N) is 1. The van der Waals surface area contributed by atoms with Crippen molar-refractivity contribution in [1.29, 1.82) is 0 Å². The van der Waals surface area contributed by atoms with Gasteiger partial charge in [0, 0.05) is 12.6 Å². The van der Waals surface area contributed by atoms with E-state index >= 15 is 0 Å². The van der Waals surface area contributed by atoms with Crippen molar-refractivity contribution in [2.75, 3.05) is 18.8 Å². The van der Waals surface area contributed by atoms with Gasteiger partial charge in [0.15, 0.2) is 0 Å². The fourth-order valence-electron chi connectivity index (χ4n) is 2.52. The molecule has 0 aromatic rings. The van der Waals surface area contributed by atoms with Crippen molar-refractivity contribution in [1.82, 2.24) is 9.62 Å².